The zero-order valence-corrected chi connectivity index (χ0v) is 12.9. The van der Waals surface area contributed by atoms with Crippen LogP contribution in [0, 0.1) is 0 Å². The fraction of sp³-hybridized carbons (Fsp3) is 0.529. The van der Waals surface area contributed by atoms with Crippen LogP contribution >= 0.6 is 0 Å². The maximum atomic E-state index is 12.0. The summed E-state index contributed by atoms with van der Waals surface area (Å²) in [6, 6.07) is 7.64. The normalized spacial score (nSPS) is 14.5. The molecular formula is C17H24N2O2. The molecule has 2 amide bonds. The number of likely N-dealkylation sites (tertiary alicyclic amines) is 1. The van der Waals surface area contributed by atoms with Gasteiger partial charge in [-0.15, -0.1) is 0 Å². The fourth-order valence-corrected chi connectivity index (χ4v) is 2.53. The van der Waals surface area contributed by atoms with Gasteiger partial charge in [0.15, 0.2) is 0 Å². The van der Waals surface area contributed by atoms with Gasteiger partial charge in [0.2, 0.25) is 5.91 Å². The number of rotatable bonds is 5. The molecule has 0 aromatic heterocycles. The standard InChI is InChI=1S/C17H24N2O2/c1-13(2)14-5-7-15(8-6-14)17(21)18-10-9-16(20)19-11-3-4-12-19/h5-8,13H,3-4,9-12H2,1-2H3,(H,18,21). The van der Waals surface area contributed by atoms with Gasteiger partial charge < -0.3 is 10.2 Å². The van der Waals surface area contributed by atoms with Crippen LogP contribution in [0.4, 0.5) is 0 Å². The SMILES string of the molecule is CC(C)c1ccc(C(=O)NCCC(=O)N2CCCC2)cc1. The molecule has 1 aromatic carbocycles. The predicted molar refractivity (Wildman–Crippen MR) is 83.3 cm³/mol. The second kappa shape index (κ2) is 7.25. The average molecular weight is 288 g/mol. The van der Waals surface area contributed by atoms with E-state index in [1.54, 1.807) is 0 Å². The van der Waals surface area contributed by atoms with E-state index in [-0.39, 0.29) is 11.8 Å². The van der Waals surface area contributed by atoms with E-state index in [0.717, 1.165) is 25.9 Å². The van der Waals surface area contributed by atoms with Crippen LogP contribution < -0.4 is 5.32 Å². The number of amides is 2. The topological polar surface area (TPSA) is 49.4 Å². The van der Waals surface area contributed by atoms with Gasteiger partial charge in [-0.25, -0.2) is 0 Å². The highest BCUT2D eigenvalue weighted by atomic mass is 16.2. The number of nitrogens with one attached hydrogen (secondary N) is 1. The zero-order valence-electron chi connectivity index (χ0n) is 12.9. The quantitative estimate of drug-likeness (QED) is 0.905. The summed E-state index contributed by atoms with van der Waals surface area (Å²) in [5, 5.41) is 2.82. The molecule has 4 heteroatoms. The summed E-state index contributed by atoms with van der Waals surface area (Å²) in [5.74, 6) is 0.489. The third-order valence-corrected chi connectivity index (χ3v) is 3.92. The van der Waals surface area contributed by atoms with Crippen LogP contribution in [0.2, 0.25) is 0 Å². The summed E-state index contributed by atoms with van der Waals surface area (Å²) in [6.07, 6.45) is 2.58. The number of hydrogen-bond donors (Lipinski definition) is 1. The lowest BCUT2D eigenvalue weighted by molar-refractivity contribution is -0.129. The van der Waals surface area contributed by atoms with Crippen LogP contribution in [0.5, 0.6) is 0 Å². The van der Waals surface area contributed by atoms with E-state index in [2.05, 4.69) is 19.2 Å². The molecule has 1 aliphatic rings. The highest BCUT2D eigenvalue weighted by Gasteiger charge is 2.17. The van der Waals surface area contributed by atoms with Crippen molar-refractivity contribution in [1.29, 1.82) is 0 Å². The Hall–Kier alpha value is -1.84. The van der Waals surface area contributed by atoms with Crippen LogP contribution in [-0.4, -0.2) is 36.3 Å². The smallest absolute Gasteiger partial charge is 0.251 e. The third-order valence-electron chi connectivity index (χ3n) is 3.92. The van der Waals surface area contributed by atoms with E-state index in [1.807, 2.05) is 29.2 Å². The number of carbonyl (C=O) groups is 2. The van der Waals surface area contributed by atoms with Gasteiger partial charge >= 0.3 is 0 Å². The Bertz CT molecular complexity index is 488. The van der Waals surface area contributed by atoms with Crippen LogP contribution in [0.25, 0.3) is 0 Å². The molecule has 1 aliphatic heterocycles. The molecule has 0 atom stereocenters. The highest BCUT2D eigenvalue weighted by molar-refractivity contribution is 5.94. The molecule has 2 rings (SSSR count). The fourth-order valence-electron chi connectivity index (χ4n) is 2.53. The van der Waals surface area contributed by atoms with Crippen molar-refractivity contribution in [3.63, 3.8) is 0 Å². The molecular weight excluding hydrogens is 264 g/mol. The zero-order chi connectivity index (χ0) is 15.2. The maximum Gasteiger partial charge on any atom is 0.251 e. The average Bonchev–Trinajstić information content (AvgIpc) is 3.01. The summed E-state index contributed by atoms with van der Waals surface area (Å²) in [4.78, 5) is 25.7. The Kier molecular flexibility index (Phi) is 5.37. The lowest BCUT2D eigenvalue weighted by atomic mass is 10.0. The molecule has 1 heterocycles. The van der Waals surface area contributed by atoms with E-state index in [9.17, 15) is 9.59 Å². The molecule has 114 valence electrons. The van der Waals surface area contributed by atoms with Crippen molar-refractivity contribution in [2.24, 2.45) is 0 Å². The second-order valence-corrected chi connectivity index (χ2v) is 5.87. The Balaban J connectivity index is 1.77. The minimum Gasteiger partial charge on any atom is -0.352 e. The summed E-state index contributed by atoms with van der Waals surface area (Å²) in [7, 11) is 0. The van der Waals surface area contributed by atoms with E-state index < -0.39 is 0 Å². The number of hydrogen-bond acceptors (Lipinski definition) is 2. The van der Waals surface area contributed by atoms with Crippen molar-refractivity contribution < 1.29 is 9.59 Å². The van der Waals surface area contributed by atoms with E-state index >= 15 is 0 Å². The molecule has 1 N–H and O–H groups in total. The molecule has 21 heavy (non-hydrogen) atoms. The number of carbonyl (C=O) groups excluding carboxylic acids is 2. The highest BCUT2D eigenvalue weighted by Crippen LogP contribution is 2.14. The Morgan fingerprint density at radius 1 is 1.14 bits per heavy atom. The summed E-state index contributed by atoms with van der Waals surface area (Å²) >= 11 is 0. The van der Waals surface area contributed by atoms with E-state index in [4.69, 9.17) is 0 Å². The molecule has 0 aliphatic carbocycles. The van der Waals surface area contributed by atoms with Crippen molar-refractivity contribution >= 4 is 11.8 Å². The molecule has 1 saturated heterocycles. The third kappa shape index (κ3) is 4.31. The van der Waals surface area contributed by atoms with Gasteiger partial charge in [-0.05, 0) is 36.5 Å². The summed E-state index contributed by atoms with van der Waals surface area (Å²) < 4.78 is 0. The van der Waals surface area contributed by atoms with Crippen LogP contribution in [0.1, 0.15) is 54.9 Å². The van der Waals surface area contributed by atoms with Gasteiger partial charge in [-0.3, -0.25) is 9.59 Å². The van der Waals surface area contributed by atoms with E-state index in [1.165, 1.54) is 5.56 Å². The van der Waals surface area contributed by atoms with Crippen molar-refractivity contribution in [1.82, 2.24) is 10.2 Å². The Morgan fingerprint density at radius 2 is 1.76 bits per heavy atom. The summed E-state index contributed by atoms with van der Waals surface area (Å²) in [5.41, 5.74) is 1.86. The maximum absolute atomic E-state index is 12.0. The minimum atomic E-state index is -0.112. The molecule has 0 saturated carbocycles. The Morgan fingerprint density at radius 3 is 2.33 bits per heavy atom. The lowest BCUT2D eigenvalue weighted by Gasteiger charge is -2.15. The molecule has 1 fully saturated rings. The first-order valence-electron chi connectivity index (χ1n) is 7.74. The van der Waals surface area contributed by atoms with Gasteiger partial charge in [-0.1, -0.05) is 26.0 Å². The monoisotopic (exact) mass is 288 g/mol. The molecule has 0 spiro atoms. The number of nitrogens with zero attached hydrogens (tertiary/aromatic N) is 1. The van der Waals surface area contributed by atoms with Crippen LogP contribution in [0.3, 0.4) is 0 Å². The van der Waals surface area contributed by atoms with Crippen molar-refractivity contribution in [2.75, 3.05) is 19.6 Å². The first kappa shape index (κ1) is 15.5. The Labute approximate surface area is 126 Å². The first-order valence-corrected chi connectivity index (χ1v) is 7.74. The van der Waals surface area contributed by atoms with Gasteiger partial charge in [0.1, 0.15) is 0 Å². The second-order valence-electron chi connectivity index (χ2n) is 5.87. The van der Waals surface area contributed by atoms with Crippen LogP contribution in [-0.2, 0) is 4.79 Å². The molecule has 1 aromatic rings. The van der Waals surface area contributed by atoms with Gasteiger partial charge in [-0.2, -0.15) is 0 Å². The van der Waals surface area contributed by atoms with Crippen molar-refractivity contribution in [3.8, 4) is 0 Å². The van der Waals surface area contributed by atoms with Crippen LogP contribution in [0.15, 0.2) is 24.3 Å². The largest absolute Gasteiger partial charge is 0.352 e. The molecule has 0 radical (unpaired) electrons. The van der Waals surface area contributed by atoms with Crippen molar-refractivity contribution in [2.45, 2.75) is 39.0 Å². The number of benzene rings is 1. The lowest BCUT2D eigenvalue weighted by Crippen LogP contribution is -2.32. The summed E-state index contributed by atoms with van der Waals surface area (Å²) in [6.45, 7) is 6.38. The van der Waals surface area contributed by atoms with Gasteiger partial charge in [0.05, 0.1) is 0 Å². The molecule has 4 nitrogen and oxygen atoms in total. The molecule has 0 bridgehead atoms. The van der Waals surface area contributed by atoms with Gasteiger partial charge in [0, 0.05) is 31.6 Å². The van der Waals surface area contributed by atoms with Gasteiger partial charge in [0.25, 0.3) is 5.91 Å². The first-order chi connectivity index (χ1) is 10.1. The van der Waals surface area contributed by atoms with E-state index in [0.29, 0.717) is 24.4 Å². The van der Waals surface area contributed by atoms with Crippen molar-refractivity contribution in [3.05, 3.63) is 35.4 Å². The molecule has 0 unspecified atom stereocenters. The minimum absolute atomic E-state index is 0.112. The predicted octanol–water partition coefficient (Wildman–Crippen LogP) is 2.55.